The van der Waals surface area contributed by atoms with Crippen LogP contribution in [0.3, 0.4) is 0 Å². The van der Waals surface area contributed by atoms with Gasteiger partial charge in [-0.25, -0.2) is 8.42 Å². The Morgan fingerprint density at radius 2 is 2.04 bits per heavy atom. The summed E-state index contributed by atoms with van der Waals surface area (Å²) in [6.45, 7) is 2.97. The lowest BCUT2D eigenvalue weighted by atomic mass is 10.3. The summed E-state index contributed by atoms with van der Waals surface area (Å²) in [5, 5.41) is 4.58. The molecule has 2 heterocycles. The Hall–Kier alpha value is -1.74. The van der Waals surface area contributed by atoms with Crippen molar-refractivity contribution in [2.24, 2.45) is 0 Å². The molecule has 1 aromatic carbocycles. The van der Waals surface area contributed by atoms with Crippen molar-refractivity contribution < 1.29 is 17.9 Å². The van der Waals surface area contributed by atoms with E-state index in [1.54, 1.807) is 24.3 Å². The minimum Gasteiger partial charge on any atom is -0.378 e. The molecular formula is C16H18N2O4S2. The monoisotopic (exact) mass is 366 g/mol. The number of rotatable bonds is 4. The lowest BCUT2D eigenvalue weighted by Gasteiger charge is -2.32. The maximum atomic E-state index is 12.7. The van der Waals surface area contributed by atoms with Gasteiger partial charge in [0.15, 0.2) is 0 Å². The van der Waals surface area contributed by atoms with Gasteiger partial charge in [0, 0.05) is 18.3 Å². The molecule has 1 N–H and O–H groups in total. The molecule has 1 amide bonds. The van der Waals surface area contributed by atoms with E-state index in [0.717, 1.165) is 0 Å². The molecule has 2 aromatic rings. The Morgan fingerprint density at radius 1 is 1.29 bits per heavy atom. The highest BCUT2D eigenvalue weighted by Crippen LogP contribution is 2.22. The van der Waals surface area contributed by atoms with Crippen LogP contribution >= 0.6 is 11.3 Å². The molecule has 1 unspecified atom stereocenters. The van der Waals surface area contributed by atoms with Gasteiger partial charge in [-0.2, -0.15) is 4.31 Å². The minimum absolute atomic E-state index is 0.193. The number of sulfonamides is 1. The number of thiophene rings is 1. The van der Waals surface area contributed by atoms with Crippen molar-refractivity contribution in [3.63, 3.8) is 0 Å². The van der Waals surface area contributed by atoms with Gasteiger partial charge in [0.2, 0.25) is 10.0 Å². The van der Waals surface area contributed by atoms with Crippen LogP contribution in [0.25, 0.3) is 0 Å². The van der Waals surface area contributed by atoms with E-state index in [-0.39, 0.29) is 16.8 Å². The number of carbonyl (C=O) groups excluding carboxylic acids is 1. The predicted octanol–water partition coefficient (Wildman–Crippen LogP) is 2.41. The van der Waals surface area contributed by atoms with Crippen LogP contribution in [0.2, 0.25) is 0 Å². The number of hydrogen-bond donors (Lipinski definition) is 1. The van der Waals surface area contributed by atoms with Gasteiger partial charge in [0.25, 0.3) is 5.91 Å². The van der Waals surface area contributed by atoms with Crippen molar-refractivity contribution in [1.29, 1.82) is 0 Å². The van der Waals surface area contributed by atoms with Gasteiger partial charge in [-0.05, 0) is 42.6 Å². The van der Waals surface area contributed by atoms with E-state index in [1.807, 2.05) is 12.3 Å². The van der Waals surface area contributed by atoms with Crippen molar-refractivity contribution in [2.45, 2.75) is 17.9 Å². The van der Waals surface area contributed by atoms with E-state index in [2.05, 4.69) is 5.32 Å². The number of nitrogens with zero attached hydrogens (tertiary/aromatic N) is 1. The number of ether oxygens (including phenoxy) is 1. The zero-order chi connectivity index (χ0) is 17.2. The summed E-state index contributed by atoms with van der Waals surface area (Å²) >= 11 is 1.35. The quantitative estimate of drug-likeness (QED) is 0.902. The maximum absolute atomic E-state index is 12.7. The lowest BCUT2D eigenvalue weighted by molar-refractivity contribution is 0.0393. The third kappa shape index (κ3) is 3.51. The van der Waals surface area contributed by atoms with Crippen molar-refractivity contribution in [2.75, 3.05) is 25.1 Å². The van der Waals surface area contributed by atoms with Crippen LogP contribution < -0.4 is 5.32 Å². The molecular weight excluding hydrogens is 348 g/mol. The molecule has 3 rings (SSSR count). The summed E-state index contributed by atoms with van der Waals surface area (Å²) in [5.74, 6) is -0.206. The van der Waals surface area contributed by atoms with E-state index in [0.29, 0.717) is 30.3 Å². The maximum Gasteiger partial charge on any atom is 0.265 e. The number of nitrogens with one attached hydrogen (secondary N) is 1. The standard InChI is InChI=1S/C16H18N2O4S2/c1-12-11-22-9-8-18(12)24(20,21)14-6-4-13(5-7-14)17-16(19)15-3-2-10-23-15/h2-7,10,12H,8-9,11H2,1H3,(H,17,19). The van der Waals surface area contributed by atoms with Crippen molar-refractivity contribution in [3.8, 4) is 0 Å². The largest absolute Gasteiger partial charge is 0.378 e. The molecule has 0 spiro atoms. The molecule has 0 aliphatic carbocycles. The van der Waals surface area contributed by atoms with Gasteiger partial charge >= 0.3 is 0 Å². The summed E-state index contributed by atoms with van der Waals surface area (Å²) in [7, 11) is -3.56. The molecule has 1 aliphatic rings. The van der Waals surface area contributed by atoms with E-state index >= 15 is 0 Å². The second-order valence-electron chi connectivity index (χ2n) is 5.50. The number of anilines is 1. The predicted molar refractivity (Wildman–Crippen MR) is 92.9 cm³/mol. The molecule has 6 nitrogen and oxygen atoms in total. The highest BCUT2D eigenvalue weighted by Gasteiger charge is 2.31. The average Bonchev–Trinajstić information content (AvgIpc) is 3.10. The summed E-state index contributed by atoms with van der Waals surface area (Å²) in [4.78, 5) is 12.8. The zero-order valence-corrected chi connectivity index (χ0v) is 14.8. The molecule has 0 radical (unpaired) electrons. The fraction of sp³-hybridized carbons (Fsp3) is 0.312. The van der Waals surface area contributed by atoms with Crippen LogP contribution in [0.15, 0.2) is 46.7 Å². The van der Waals surface area contributed by atoms with E-state index < -0.39 is 10.0 Å². The molecule has 128 valence electrons. The normalized spacial score (nSPS) is 19.1. The number of carbonyl (C=O) groups is 1. The third-order valence-electron chi connectivity index (χ3n) is 3.77. The first-order valence-electron chi connectivity index (χ1n) is 7.53. The summed E-state index contributed by atoms with van der Waals surface area (Å²) in [5.41, 5.74) is 0.558. The summed E-state index contributed by atoms with van der Waals surface area (Å²) in [6.07, 6.45) is 0. The average molecular weight is 366 g/mol. The summed E-state index contributed by atoms with van der Waals surface area (Å²) < 4.78 is 32.1. The molecule has 8 heteroatoms. The van der Waals surface area contributed by atoms with Crippen molar-refractivity contribution in [1.82, 2.24) is 4.31 Å². The van der Waals surface area contributed by atoms with Crippen LogP contribution in [0.4, 0.5) is 5.69 Å². The fourth-order valence-electron chi connectivity index (χ4n) is 2.52. The van der Waals surface area contributed by atoms with Gasteiger partial charge in [-0.3, -0.25) is 4.79 Å². The molecule has 1 atom stereocenters. The highest BCUT2D eigenvalue weighted by molar-refractivity contribution is 7.89. The number of amides is 1. The van der Waals surface area contributed by atoms with Crippen LogP contribution in [0.5, 0.6) is 0 Å². The van der Waals surface area contributed by atoms with Crippen LogP contribution in [-0.2, 0) is 14.8 Å². The third-order valence-corrected chi connectivity index (χ3v) is 6.67. The first-order chi connectivity index (χ1) is 11.5. The van der Waals surface area contributed by atoms with Crippen LogP contribution in [-0.4, -0.2) is 44.4 Å². The first-order valence-corrected chi connectivity index (χ1v) is 9.85. The Bertz CT molecular complexity index is 801. The second-order valence-corrected chi connectivity index (χ2v) is 8.33. The van der Waals surface area contributed by atoms with Crippen LogP contribution in [0.1, 0.15) is 16.6 Å². The van der Waals surface area contributed by atoms with Gasteiger partial charge < -0.3 is 10.1 Å². The molecule has 0 bridgehead atoms. The van der Waals surface area contributed by atoms with Crippen molar-refractivity contribution >= 4 is 33.0 Å². The zero-order valence-electron chi connectivity index (χ0n) is 13.1. The van der Waals surface area contributed by atoms with Crippen LogP contribution in [0, 0.1) is 0 Å². The van der Waals surface area contributed by atoms with Gasteiger partial charge in [-0.1, -0.05) is 6.07 Å². The van der Waals surface area contributed by atoms with E-state index in [9.17, 15) is 13.2 Å². The Balaban J connectivity index is 1.75. The number of hydrogen-bond acceptors (Lipinski definition) is 5. The van der Waals surface area contributed by atoms with Crippen molar-refractivity contribution in [3.05, 3.63) is 46.7 Å². The molecule has 24 heavy (non-hydrogen) atoms. The van der Waals surface area contributed by atoms with E-state index in [4.69, 9.17) is 4.74 Å². The smallest absolute Gasteiger partial charge is 0.265 e. The minimum atomic E-state index is -3.56. The number of benzene rings is 1. The Kier molecular flexibility index (Phi) is 5.00. The highest BCUT2D eigenvalue weighted by atomic mass is 32.2. The molecule has 1 aromatic heterocycles. The Morgan fingerprint density at radius 3 is 2.67 bits per heavy atom. The van der Waals surface area contributed by atoms with Gasteiger partial charge in [0.1, 0.15) is 0 Å². The number of morpholine rings is 1. The molecule has 0 saturated carbocycles. The lowest BCUT2D eigenvalue weighted by Crippen LogP contribution is -2.46. The topological polar surface area (TPSA) is 75.7 Å². The SMILES string of the molecule is CC1COCCN1S(=O)(=O)c1ccc(NC(=O)c2cccs2)cc1. The second kappa shape index (κ2) is 7.02. The summed E-state index contributed by atoms with van der Waals surface area (Å²) in [6, 6.07) is 9.58. The molecule has 1 fully saturated rings. The first kappa shape index (κ1) is 17.1. The van der Waals surface area contributed by atoms with E-state index in [1.165, 1.54) is 27.8 Å². The Labute approximate surface area is 145 Å². The van der Waals surface area contributed by atoms with Gasteiger partial charge in [-0.15, -0.1) is 11.3 Å². The fourth-order valence-corrected chi connectivity index (χ4v) is 4.73. The molecule has 1 aliphatic heterocycles. The molecule has 1 saturated heterocycles. The van der Waals surface area contributed by atoms with Gasteiger partial charge in [0.05, 0.1) is 23.0 Å².